The van der Waals surface area contributed by atoms with Crippen molar-refractivity contribution in [3.05, 3.63) is 29.0 Å². The molecule has 1 heterocycles. The number of rotatable bonds is 4. The second kappa shape index (κ2) is 5.66. The van der Waals surface area contributed by atoms with Crippen LogP contribution >= 0.6 is 12.2 Å². The molecular formula is C12H12F3N3OS. The molecule has 0 amide bonds. The van der Waals surface area contributed by atoms with E-state index in [1.807, 2.05) is 6.92 Å². The molecule has 2 aromatic rings. The first kappa shape index (κ1) is 14.6. The molecule has 1 N–H and O–H groups in total. The molecule has 0 aliphatic heterocycles. The molecule has 0 fully saturated rings. The molecule has 1 aromatic carbocycles. The summed E-state index contributed by atoms with van der Waals surface area (Å²) in [6.45, 7) is 2.68. The van der Waals surface area contributed by atoms with E-state index in [4.69, 9.17) is 12.2 Å². The van der Waals surface area contributed by atoms with Crippen molar-refractivity contribution >= 4 is 12.2 Å². The fraction of sp³-hybridized carbons (Fsp3) is 0.333. The highest BCUT2D eigenvalue weighted by Crippen LogP contribution is 2.25. The number of ether oxygens (including phenoxy) is 1. The van der Waals surface area contributed by atoms with E-state index in [0.29, 0.717) is 22.7 Å². The fourth-order valence-corrected chi connectivity index (χ4v) is 2.00. The standard InChI is InChI=1S/C12H12F3N3OS/c1-2-7-18-10(16-17-11(18)20)8-3-5-9(6-4-8)19-12(13,14)15/h3-6H,2,7H2,1H3,(H,17,20). The van der Waals surface area contributed by atoms with E-state index in [9.17, 15) is 13.2 Å². The molecule has 0 bridgehead atoms. The van der Waals surface area contributed by atoms with Gasteiger partial charge in [0.1, 0.15) is 5.75 Å². The van der Waals surface area contributed by atoms with Crippen molar-refractivity contribution in [1.29, 1.82) is 0 Å². The highest BCUT2D eigenvalue weighted by Gasteiger charge is 2.31. The Labute approximate surface area is 118 Å². The molecule has 0 aliphatic rings. The Morgan fingerprint density at radius 2 is 1.95 bits per heavy atom. The van der Waals surface area contributed by atoms with E-state index < -0.39 is 6.36 Å². The summed E-state index contributed by atoms with van der Waals surface area (Å²) in [5.41, 5.74) is 0.667. The third-order valence-electron chi connectivity index (χ3n) is 2.55. The number of benzene rings is 1. The molecule has 0 saturated carbocycles. The highest BCUT2D eigenvalue weighted by atomic mass is 32.1. The van der Waals surface area contributed by atoms with Gasteiger partial charge in [-0.2, -0.15) is 5.10 Å². The minimum Gasteiger partial charge on any atom is -0.406 e. The number of alkyl halides is 3. The first-order valence-corrected chi connectivity index (χ1v) is 6.33. The zero-order valence-electron chi connectivity index (χ0n) is 10.6. The third kappa shape index (κ3) is 3.38. The molecule has 20 heavy (non-hydrogen) atoms. The summed E-state index contributed by atoms with van der Waals surface area (Å²) in [6, 6.07) is 5.52. The number of H-pyrrole nitrogens is 1. The predicted octanol–water partition coefficient (Wildman–Crippen LogP) is 3.92. The lowest BCUT2D eigenvalue weighted by atomic mass is 10.2. The first-order chi connectivity index (χ1) is 9.40. The van der Waals surface area contributed by atoms with Crippen LogP contribution in [-0.4, -0.2) is 21.1 Å². The Morgan fingerprint density at radius 1 is 1.30 bits per heavy atom. The topological polar surface area (TPSA) is 42.8 Å². The molecule has 8 heteroatoms. The summed E-state index contributed by atoms with van der Waals surface area (Å²) in [4.78, 5) is 0. The minimum atomic E-state index is -4.69. The van der Waals surface area contributed by atoms with Crippen LogP contribution in [0.1, 0.15) is 13.3 Å². The maximum absolute atomic E-state index is 12.1. The van der Waals surface area contributed by atoms with E-state index in [0.717, 1.165) is 6.42 Å². The van der Waals surface area contributed by atoms with Crippen molar-refractivity contribution in [2.45, 2.75) is 26.3 Å². The molecular weight excluding hydrogens is 291 g/mol. The van der Waals surface area contributed by atoms with Gasteiger partial charge in [-0.15, -0.1) is 13.2 Å². The number of aromatic amines is 1. The van der Waals surface area contributed by atoms with Gasteiger partial charge >= 0.3 is 6.36 Å². The van der Waals surface area contributed by atoms with Crippen LogP contribution in [0.3, 0.4) is 0 Å². The number of aromatic nitrogens is 3. The van der Waals surface area contributed by atoms with Gasteiger partial charge in [0.25, 0.3) is 0 Å². The number of nitrogens with zero attached hydrogens (tertiary/aromatic N) is 2. The minimum absolute atomic E-state index is 0.266. The van der Waals surface area contributed by atoms with Gasteiger partial charge in [0.05, 0.1) is 0 Å². The van der Waals surface area contributed by atoms with Crippen molar-refractivity contribution in [3.8, 4) is 17.1 Å². The van der Waals surface area contributed by atoms with Crippen LogP contribution in [0, 0.1) is 4.77 Å². The summed E-state index contributed by atoms with van der Waals surface area (Å²) < 4.78 is 42.3. The lowest BCUT2D eigenvalue weighted by Crippen LogP contribution is -2.16. The van der Waals surface area contributed by atoms with Gasteiger partial charge < -0.3 is 9.30 Å². The van der Waals surface area contributed by atoms with E-state index in [2.05, 4.69) is 14.9 Å². The summed E-state index contributed by atoms with van der Waals surface area (Å²) in [7, 11) is 0. The lowest BCUT2D eigenvalue weighted by Gasteiger charge is -2.09. The highest BCUT2D eigenvalue weighted by molar-refractivity contribution is 7.71. The average molecular weight is 303 g/mol. The lowest BCUT2D eigenvalue weighted by molar-refractivity contribution is -0.274. The van der Waals surface area contributed by atoms with Crippen LogP contribution in [0.15, 0.2) is 24.3 Å². The Bertz CT molecular complexity index is 631. The van der Waals surface area contributed by atoms with E-state index in [1.54, 1.807) is 4.57 Å². The SMILES string of the molecule is CCCn1c(-c2ccc(OC(F)(F)F)cc2)n[nH]c1=S. The predicted molar refractivity (Wildman–Crippen MR) is 69.8 cm³/mol. The monoisotopic (exact) mass is 303 g/mol. The second-order valence-electron chi connectivity index (χ2n) is 4.08. The first-order valence-electron chi connectivity index (χ1n) is 5.92. The van der Waals surface area contributed by atoms with Crippen molar-refractivity contribution in [2.75, 3.05) is 0 Å². The van der Waals surface area contributed by atoms with Crippen LogP contribution in [0.4, 0.5) is 13.2 Å². The van der Waals surface area contributed by atoms with E-state index >= 15 is 0 Å². The molecule has 0 atom stereocenters. The third-order valence-corrected chi connectivity index (χ3v) is 2.86. The molecule has 2 rings (SSSR count). The Morgan fingerprint density at radius 3 is 2.50 bits per heavy atom. The fourth-order valence-electron chi connectivity index (χ4n) is 1.77. The Hall–Kier alpha value is -1.83. The number of hydrogen-bond acceptors (Lipinski definition) is 3. The van der Waals surface area contributed by atoms with Crippen molar-refractivity contribution < 1.29 is 17.9 Å². The maximum Gasteiger partial charge on any atom is 0.573 e. The Kier molecular flexibility index (Phi) is 4.12. The number of halogens is 3. The zero-order valence-corrected chi connectivity index (χ0v) is 11.4. The molecule has 4 nitrogen and oxygen atoms in total. The normalized spacial score (nSPS) is 11.6. The summed E-state index contributed by atoms with van der Waals surface area (Å²) in [5, 5.41) is 6.77. The van der Waals surface area contributed by atoms with Gasteiger partial charge in [-0.1, -0.05) is 6.92 Å². The molecule has 0 spiro atoms. The van der Waals surface area contributed by atoms with Gasteiger partial charge in [-0.3, -0.25) is 5.10 Å². The van der Waals surface area contributed by atoms with Crippen molar-refractivity contribution in [3.63, 3.8) is 0 Å². The quantitative estimate of drug-likeness (QED) is 0.871. The molecule has 0 radical (unpaired) electrons. The number of nitrogens with one attached hydrogen (secondary N) is 1. The van der Waals surface area contributed by atoms with Crippen LogP contribution in [-0.2, 0) is 6.54 Å². The summed E-state index contributed by atoms with van der Waals surface area (Å²) in [6.07, 6.45) is -3.82. The van der Waals surface area contributed by atoms with Gasteiger partial charge in [-0.25, -0.2) is 0 Å². The molecule has 1 aromatic heterocycles. The summed E-state index contributed by atoms with van der Waals surface area (Å²) in [5.74, 6) is 0.327. The van der Waals surface area contributed by atoms with Gasteiger partial charge in [0.2, 0.25) is 0 Å². The summed E-state index contributed by atoms with van der Waals surface area (Å²) >= 11 is 5.11. The van der Waals surface area contributed by atoms with Crippen LogP contribution in [0.2, 0.25) is 0 Å². The molecule has 0 aliphatic carbocycles. The smallest absolute Gasteiger partial charge is 0.406 e. The molecule has 108 valence electrons. The van der Waals surface area contributed by atoms with Gasteiger partial charge in [0.15, 0.2) is 10.6 Å². The van der Waals surface area contributed by atoms with Gasteiger partial charge in [-0.05, 0) is 42.9 Å². The maximum atomic E-state index is 12.1. The van der Waals surface area contributed by atoms with Gasteiger partial charge in [0, 0.05) is 12.1 Å². The van der Waals surface area contributed by atoms with Crippen LogP contribution in [0.5, 0.6) is 5.75 Å². The van der Waals surface area contributed by atoms with E-state index in [1.165, 1.54) is 24.3 Å². The van der Waals surface area contributed by atoms with Crippen molar-refractivity contribution in [2.24, 2.45) is 0 Å². The zero-order chi connectivity index (χ0) is 14.8. The molecule has 0 saturated heterocycles. The second-order valence-corrected chi connectivity index (χ2v) is 4.46. The largest absolute Gasteiger partial charge is 0.573 e. The van der Waals surface area contributed by atoms with Crippen molar-refractivity contribution in [1.82, 2.24) is 14.8 Å². The van der Waals surface area contributed by atoms with Crippen LogP contribution in [0.25, 0.3) is 11.4 Å². The average Bonchev–Trinajstić information content (AvgIpc) is 2.71. The van der Waals surface area contributed by atoms with E-state index in [-0.39, 0.29) is 5.75 Å². The molecule has 0 unspecified atom stereocenters. The van der Waals surface area contributed by atoms with Crippen LogP contribution < -0.4 is 4.74 Å². The Balaban J connectivity index is 2.28. The number of hydrogen-bond donors (Lipinski definition) is 1.